The standard InChI is InChI=1S/C4H8ClO.Sb/c1-2-4(5)3-6;/h4H,2-3H2,1H3;/q-1;+1. The molecule has 2 radical (unpaired) electrons. The van der Waals surface area contributed by atoms with Crippen LogP contribution in [-0.4, -0.2) is 35.4 Å². The first-order valence-corrected chi connectivity index (χ1v) is 3.69. The van der Waals surface area contributed by atoms with Crippen molar-refractivity contribution >= 4 is 35.0 Å². The van der Waals surface area contributed by atoms with Crippen LogP contribution < -0.4 is 0 Å². The zero-order valence-corrected chi connectivity index (χ0v) is 7.53. The second-order valence-electron chi connectivity index (χ2n) is 1.30. The summed E-state index contributed by atoms with van der Waals surface area (Å²) < 4.78 is 4.81. The first kappa shape index (κ1) is 8.07. The Hall–Kier alpha value is 1.07. The maximum absolute atomic E-state index is 5.65. The van der Waals surface area contributed by atoms with E-state index < -0.39 is 0 Å². The molecule has 0 aliphatic rings. The molecule has 0 aromatic carbocycles. The van der Waals surface area contributed by atoms with Crippen LogP contribution in [0.25, 0.3) is 0 Å². The maximum atomic E-state index is 5.65. The molecule has 0 aliphatic heterocycles. The first-order chi connectivity index (χ1) is 3.31. The summed E-state index contributed by atoms with van der Waals surface area (Å²) in [6.07, 6.45) is 0.990. The van der Waals surface area contributed by atoms with Gasteiger partial charge in [-0.2, -0.15) is 0 Å². The molecule has 0 bridgehead atoms. The third kappa shape index (κ3) is 4.93. The molecule has 1 nitrogen and oxygen atoms in total. The zero-order valence-electron chi connectivity index (χ0n) is 4.22. The summed E-state index contributed by atoms with van der Waals surface area (Å²) in [5.41, 5.74) is 0. The molecule has 42 valence electrons. The van der Waals surface area contributed by atoms with Crippen molar-refractivity contribution in [2.24, 2.45) is 0 Å². The van der Waals surface area contributed by atoms with E-state index in [0.29, 0.717) is 6.61 Å². The molecule has 0 amide bonds. The second-order valence-corrected chi connectivity index (χ2v) is 2.66. The third-order valence-electron chi connectivity index (χ3n) is 0.698. The molecule has 0 rings (SSSR count). The van der Waals surface area contributed by atoms with E-state index in [0.717, 1.165) is 6.42 Å². The Morgan fingerprint density at radius 3 is 2.57 bits per heavy atom. The normalized spacial score (nSPS) is 14.1. The van der Waals surface area contributed by atoms with Crippen molar-refractivity contribution < 1.29 is 3.02 Å². The van der Waals surface area contributed by atoms with Gasteiger partial charge in [-0.25, -0.2) is 0 Å². The van der Waals surface area contributed by atoms with Gasteiger partial charge in [0.2, 0.25) is 0 Å². The molecule has 0 spiro atoms. The van der Waals surface area contributed by atoms with Crippen molar-refractivity contribution in [2.45, 2.75) is 18.7 Å². The van der Waals surface area contributed by atoms with Crippen LogP contribution in [0.4, 0.5) is 0 Å². The fourth-order valence-electron chi connectivity index (χ4n) is 0.199. The average Bonchev–Trinajstić information content (AvgIpc) is 1.68. The van der Waals surface area contributed by atoms with Crippen molar-refractivity contribution in [3.05, 3.63) is 0 Å². The zero-order chi connectivity index (χ0) is 5.70. The van der Waals surface area contributed by atoms with E-state index >= 15 is 0 Å². The van der Waals surface area contributed by atoms with Crippen LogP contribution in [-0.2, 0) is 3.02 Å². The van der Waals surface area contributed by atoms with Crippen LogP contribution in [0.2, 0.25) is 0 Å². The van der Waals surface area contributed by atoms with Crippen LogP contribution >= 0.6 is 11.6 Å². The minimum atomic E-state index is 0.212. The van der Waals surface area contributed by atoms with Gasteiger partial charge >= 0.3 is 63.4 Å². The first-order valence-electron chi connectivity index (χ1n) is 2.21. The van der Waals surface area contributed by atoms with Gasteiger partial charge < -0.3 is 0 Å². The van der Waals surface area contributed by atoms with Gasteiger partial charge in [-0.05, 0) is 0 Å². The Balaban J connectivity index is 2.83. The fraction of sp³-hybridized carbons (Fsp3) is 1.00. The van der Waals surface area contributed by atoms with Crippen molar-refractivity contribution in [3.8, 4) is 0 Å². The van der Waals surface area contributed by atoms with Crippen molar-refractivity contribution in [2.75, 3.05) is 6.61 Å². The topological polar surface area (TPSA) is 9.23 Å². The molecule has 0 aliphatic carbocycles. The van der Waals surface area contributed by atoms with Gasteiger partial charge in [-0.1, -0.05) is 0 Å². The van der Waals surface area contributed by atoms with Gasteiger partial charge in [0.15, 0.2) is 0 Å². The number of rotatable bonds is 3. The fourth-order valence-corrected chi connectivity index (χ4v) is 1.04. The average molecular weight is 229 g/mol. The van der Waals surface area contributed by atoms with Crippen molar-refractivity contribution in [1.29, 1.82) is 0 Å². The van der Waals surface area contributed by atoms with E-state index in [4.69, 9.17) is 14.6 Å². The SMILES string of the molecule is CCC(Cl)C[O][Sb]. The molecule has 0 aromatic heterocycles. The summed E-state index contributed by atoms with van der Waals surface area (Å²) in [5, 5.41) is 0.212. The molecule has 0 N–H and O–H groups in total. The summed E-state index contributed by atoms with van der Waals surface area (Å²) in [4.78, 5) is 0. The predicted octanol–water partition coefficient (Wildman–Crippen LogP) is 1.10. The van der Waals surface area contributed by atoms with Gasteiger partial charge in [0.25, 0.3) is 0 Å². The number of halogens is 1. The van der Waals surface area contributed by atoms with Gasteiger partial charge in [-0.3, -0.25) is 0 Å². The van der Waals surface area contributed by atoms with Crippen LogP contribution in [0.3, 0.4) is 0 Å². The Kier molecular flexibility index (Phi) is 6.00. The Labute approximate surface area is 63.4 Å². The summed E-state index contributed by atoms with van der Waals surface area (Å²) >= 11 is 7.00. The molecular weight excluding hydrogens is 221 g/mol. The van der Waals surface area contributed by atoms with Crippen molar-refractivity contribution in [3.63, 3.8) is 0 Å². The number of hydrogen-bond donors (Lipinski definition) is 0. The van der Waals surface area contributed by atoms with Crippen LogP contribution in [0.1, 0.15) is 13.3 Å². The van der Waals surface area contributed by atoms with Gasteiger partial charge in [0, 0.05) is 0 Å². The molecule has 0 aromatic rings. The molecule has 7 heavy (non-hydrogen) atoms. The summed E-state index contributed by atoms with van der Waals surface area (Å²) in [7, 11) is 0. The molecule has 1 atom stereocenters. The second kappa shape index (κ2) is 5.21. The van der Waals surface area contributed by atoms with E-state index in [1.807, 2.05) is 6.92 Å². The van der Waals surface area contributed by atoms with E-state index in [1.54, 1.807) is 0 Å². The summed E-state index contributed by atoms with van der Waals surface area (Å²) in [5.74, 6) is 0. The van der Waals surface area contributed by atoms with Gasteiger partial charge in [0.05, 0.1) is 0 Å². The van der Waals surface area contributed by atoms with Gasteiger partial charge in [-0.15, -0.1) is 0 Å². The van der Waals surface area contributed by atoms with Crippen LogP contribution in [0, 0.1) is 0 Å². The predicted molar refractivity (Wildman–Crippen MR) is 31.6 cm³/mol. The van der Waals surface area contributed by atoms with Crippen LogP contribution in [0.15, 0.2) is 0 Å². The molecule has 0 fully saturated rings. The molecule has 1 unspecified atom stereocenters. The molecule has 0 heterocycles. The molecule has 0 saturated heterocycles. The Morgan fingerprint density at radius 2 is 2.43 bits per heavy atom. The molecular formula is C4H8ClOSb. The van der Waals surface area contributed by atoms with E-state index in [-0.39, 0.29) is 5.38 Å². The summed E-state index contributed by atoms with van der Waals surface area (Å²) in [6, 6.07) is 0. The van der Waals surface area contributed by atoms with E-state index in [9.17, 15) is 0 Å². The van der Waals surface area contributed by atoms with Crippen LogP contribution in [0.5, 0.6) is 0 Å². The van der Waals surface area contributed by atoms with E-state index in [1.165, 1.54) is 23.4 Å². The number of alkyl halides is 1. The third-order valence-corrected chi connectivity index (χ3v) is 1.56. The van der Waals surface area contributed by atoms with Crippen molar-refractivity contribution in [1.82, 2.24) is 0 Å². The number of hydrogen-bond acceptors (Lipinski definition) is 1. The van der Waals surface area contributed by atoms with E-state index in [2.05, 4.69) is 0 Å². The van der Waals surface area contributed by atoms with Gasteiger partial charge in [0.1, 0.15) is 0 Å². The minimum absolute atomic E-state index is 0.212. The molecule has 3 heteroatoms. The monoisotopic (exact) mass is 228 g/mol. The quantitative estimate of drug-likeness (QED) is 0.520. The Bertz CT molecular complexity index is 42.7. The molecule has 0 saturated carbocycles. The summed E-state index contributed by atoms with van der Waals surface area (Å²) in [6.45, 7) is 2.73. The Morgan fingerprint density at radius 1 is 1.86 bits per heavy atom.